The van der Waals surface area contributed by atoms with E-state index < -0.39 is 6.10 Å². The van der Waals surface area contributed by atoms with E-state index >= 15 is 0 Å². The van der Waals surface area contributed by atoms with Crippen molar-refractivity contribution in [3.8, 4) is 5.75 Å². The molecule has 0 spiro atoms. The molecule has 0 bridgehead atoms. The van der Waals surface area contributed by atoms with Crippen LogP contribution in [0.15, 0.2) is 29.4 Å². The highest BCUT2D eigenvalue weighted by Gasteiger charge is 2.33. The molecule has 130 valence electrons. The first-order valence-electron chi connectivity index (χ1n) is 8.54. The van der Waals surface area contributed by atoms with Crippen molar-refractivity contribution in [2.45, 2.75) is 32.9 Å². The summed E-state index contributed by atoms with van der Waals surface area (Å²) in [5.41, 5.74) is 2.06. The number of amides is 1. The highest BCUT2D eigenvalue weighted by atomic mass is 16.6. The minimum absolute atomic E-state index is 0.0476. The molecule has 2 heterocycles. The molecule has 0 radical (unpaired) electrons. The van der Waals surface area contributed by atoms with Crippen molar-refractivity contribution < 1.29 is 14.7 Å². The zero-order valence-electron chi connectivity index (χ0n) is 14.3. The van der Waals surface area contributed by atoms with E-state index in [0.29, 0.717) is 31.2 Å². The Morgan fingerprint density at radius 1 is 1.33 bits per heavy atom. The van der Waals surface area contributed by atoms with Gasteiger partial charge in [0.1, 0.15) is 5.75 Å². The predicted molar refractivity (Wildman–Crippen MR) is 91.7 cm³/mol. The summed E-state index contributed by atoms with van der Waals surface area (Å²) in [7, 11) is 0. The van der Waals surface area contributed by atoms with E-state index in [1.165, 1.54) is 0 Å². The Hall–Kier alpha value is -2.08. The Bertz CT molecular complexity index is 622. The van der Waals surface area contributed by atoms with E-state index in [2.05, 4.69) is 23.9 Å². The SMILES string of the molecule is CC(C)C1=NO[C@H](C(=O)N2CCN(Cc3cccc(O)c3)CC2)C1. The minimum atomic E-state index is -0.444. The first kappa shape index (κ1) is 16.8. The van der Waals surface area contributed by atoms with Crippen LogP contribution in [0.25, 0.3) is 0 Å². The van der Waals surface area contributed by atoms with Gasteiger partial charge in [-0.1, -0.05) is 31.1 Å². The van der Waals surface area contributed by atoms with Crippen LogP contribution in [0.1, 0.15) is 25.8 Å². The van der Waals surface area contributed by atoms with Crippen LogP contribution < -0.4 is 0 Å². The van der Waals surface area contributed by atoms with Gasteiger partial charge in [-0.15, -0.1) is 0 Å². The molecule has 6 nitrogen and oxygen atoms in total. The molecule has 1 N–H and O–H groups in total. The topological polar surface area (TPSA) is 65.4 Å². The van der Waals surface area contributed by atoms with Crippen LogP contribution >= 0.6 is 0 Å². The zero-order chi connectivity index (χ0) is 17.1. The molecule has 2 aliphatic rings. The maximum absolute atomic E-state index is 12.6. The average Bonchev–Trinajstić information content (AvgIpc) is 3.05. The van der Waals surface area contributed by atoms with Crippen LogP contribution in [0.4, 0.5) is 0 Å². The van der Waals surface area contributed by atoms with Crippen LogP contribution in [-0.4, -0.2) is 58.8 Å². The normalized spacial score (nSPS) is 21.7. The van der Waals surface area contributed by atoms with Crippen LogP contribution in [0.5, 0.6) is 5.75 Å². The molecular formula is C18H25N3O3. The summed E-state index contributed by atoms with van der Waals surface area (Å²) in [6.07, 6.45) is 0.167. The van der Waals surface area contributed by atoms with Gasteiger partial charge in [0.05, 0.1) is 5.71 Å². The summed E-state index contributed by atoms with van der Waals surface area (Å²) in [5.74, 6) is 0.661. The fraction of sp³-hybridized carbons (Fsp3) is 0.556. The maximum Gasteiger partial charge on any atom is 0.266 e. The molecule has 1 aromatic carbocycles. The average molecular weight is 331 g/mol. The Balaban J connectivity index is 1.48. The first-order valence-corrected chi connectivity index (χ1v) is 8.54. The van der Waals surface area contributed by atoms with Crippen LogP contribution in [0.2, 0.25) is 0 Å². The van der Waals surface area contributed by atoms with Crippen molar-refractivity contribution in [2.24, 2.45) is 11.1 Å². The Kier molecular flexibility index (Phi) is 5.04. The number of hydrogen-bond donors (Lipinski definition) is 1. The van der Waals surface area contributed by atoms with Gasteiger partial charge in [0.15, 0.2) is 0 Å². The molecular weight excluding hydrogens is 306 g/mol. The van der Waals surface area contributed by atoms with Crippen molar-refractivity contribution in [3.63, 3.8) is 0 Å². The molecule has 1 fully saturated rings. The van der Waals surface area contributed by atoms with Gasteiger partial charge in [-0.2, -0.15) is 0 Å². The second-order valence-corrected chi connectivity index (χ2v) is 6.81. The number of oxime groups is 1. The van der Waals surface area contributed by atoms with Gasteiger partial charge in [-0.3, -0.25) is 9.69 Å². The van der Waals surface area contributed by atoms with Gasteiger partial charge >= 0.3 is 0 Å². The summed E-state index contributed by atoms with van der Waals surface area (Å²) in [6.45, 7) is 7.97. The predicted octanol–water partition coefficient (Wildman–Crippen LogP) is 1.84. The van der Waals surface area contributed by atoms with Crippen molar-refractivity contribution in [2.75, 3.05) is 26.2 Å². The smallest absolute Gasteiger partial charge is 0.266 e. The lowest BCUT2D eigenvalue weighted by Gasteiger charge is -2.35. The molecule has 24 heavy (non-hydrogen) atoms. The van der Waals surface area contributed by atoms with Gasteiger partial charge in [0.25, 0.3) is 5.91 Å². The lowest BCUT2D eigenvalue weighted by atomic mass is 10.0. The van der Waals surface area contributed by atoms with E-state index in [-0.39, 0.29) is 5.91 Å². The Morgan fingerprint density at radius 3 is 2.71 bits per heavy atom. The monoisotopic (exact) mass is 331 g/mol. The highest BCUT2D eigenvalue weighted by Crippen LogP contribution is 2.19. The molecule has 1 amide bonds. The molecule has 1 atom stereocenters. The van der Waals surface area contributed by atoms with Crippen molar-refractivity contribution in [1.29, 1.82) is 0 Å². The standard InChI is InChI=1S/C18H25N3O3/c1-13(2)16-11-17(24-19-16)18(23)21-8-6-20(7-9-21)12-14-4-3-5-15(22)10-14/h3-5,10,13,17,22H,6-9,11-12H2,1-2H3/t17-/m0/s1. The number of aromatic hydroxyl groups is 1. The van der Waals surface area contributed by atoms with Gasteiger partial charge in [0.2, 0.25) is 6.10 Å². The molecule has 1 aromatic rings. The minimum Gasteiger partial charge on any atom is -0.508 e. The molecule has 1 saturated heterocycles. The number of rotatable bonds is 4. The largest absolute Gasteiger partial charge is 0.508 e. The summed E-state index contributed by atoms with van der Waals surface area (Å²) in [5, 5.41) is 13.6. The van der Waals surface area contributed by atoms with Gasteiger partial charge in [-0.05, 0) is 23.6 Å². The molecule has 3 rings (SSSR count). The third-order valence-electron chi connectivity index (χ3n) is 4.63. The summed E-state index contributed by atoms with van der Waals surface area (Å²) in [4.78, 5) is 22.1. The van der Waals surface area contributed by atoms with E-state index in [0.717, 1.165) is 30.9 Å². The third-order valence-corrected chi connectivity index (χ3v) is 4.63. The number of hydrogen-bond acceptors (Lipinski definition) is 5. The molecule has 0 saturated carbocycles. The van der Waals surface area contributed by atoms with Crippen molar-refractivity contribution in [1.82, 2.24) is 9.80 Å². The lowest BCUT2D eigenvalue weighted by Crippen LogP contribution is -2.51. The number of phenols is 1. The molecule has 0 aliphatic carbocycles. The van der Waals surface area contributed by atoms with Crippen LogP contribution in [0.3, 0.4) is 0 Å². The zero-order valence-corrected chi connectivity index (χ0v) is 14.3. The van der Waals surface area contributed by atoms with Gasteiger partial charge < -0.3 is 14.8 Å². The Morgan fingerprint density at radius 2 is 2.08 bits per heavy atom. The Labute approximate surface area is 142 Å². The maximum atomic E-state index is 12.6. The molecule has 0 unspecified atom stereocenters. The fourth-order valence-corrected chi connectivity index (χ4v) is 3.11. The van der Waals surface area contributed by atoms with Crippen molar-refractivity contribution >= 4 is 11.6 Å². The lowest BCUT2D eigenvalue weighted by molar-refractivity contribution is -0.143. The number of nitrogens with zero attached hydrogens (tertiary/aromatic N) is 3. The van der Waals surface area contributed by atoms with E-state index in [4.69, 9.17) is 4.84 Å². The molecule has 2 aliphatic heterocycles. The van der Waals surface area contributed by atoms with E-state index in [1.807, 2.05) is 17.0 Å². The van der Waals surface area contributed by atoms with Gasteiger partial charge in [-0.25, -0.2) is 0 Å². The second-order valence-electron chi connectivity index (χ2n) is 6.81. The van der Waals surface area contributed by atoms with Crippen molar-refractivity contribution in [3.05, 3.63) is 29.8 Å². The number of phenolic OH excluding ortho intramolecular Hbond substituents is 1. The van der Waals surface area contributed by atoms with Crippen LogP contribution in [-0.2, 0) is 16.2 Å². The number of piperazine rings is 1. The summed E-state index contributed by atoms with van der Waals surface area (Å²) in [6, 6.07) is 7.33. The summed E-state index contributed by atoms with van der Waals surface area (Å²) < 4.78 is 0. The third kappa shape index (κ3) is 3.87. The number of carbonyl (C=O) groups is 1. The second kappa shape index (κ2) is 7.21. The van der Waals surface area contributed by atoms with E-state index in [9.17, 15) is 9.90 Å². The molecule has 6 heteroatoms. The fourth-order valence-electron chi connectivity index (χ4n) is 3.11. The highest BCUT2D eigenvalue weighted by molar-refractivity contribution is 5.93. The summed E-state index contributed by atoms with van der Waals surface area (Å²) >= 11 is 0. The van der Waals surface area contributed by atoms with E-state index in [1.54, 1.807) is 12.1 Å². The molecule has 0 aromatic heterocycles. The number of carbonyl (C=O) groups excluding carboxylic acids is 1. The quantitative estimate of drug-likeness (QED) is 0.914. The number of benzene rings is 1. The van der Waals surface area contributed by atoms with Gasteiger partial charge in [0, 0.05) is 39.1 Å². The van der Waals surface area contributed by atoms with Crippen LogP contribution in [0, 0.1) is 5.92 Å². The first-order chi connectivity index (χ1) is 11.5.